The molecule has 2 rings (SSSR count). The number of anilines is 1. The van der Waals surface area contributed by atoms with Gasteiger partial charge in [-0.2, -0.15) is 4.72 Å². The molecule has 0 spiro atoms. The van der Waals surface area contributed by atoms with Crippen molar-refractivity contribution >= 4 is 39.2 Å². The largest absolute Gasteiger partial charge is 0.478 e. The summed E-state index contributed by atoms with van der Waals surface area (Å²) in [5, 5.41) is 21.0. The van der Waals surface area contributed by atoms with Gasteiger partial charge in [-0.25, -0.2) is 13.2 Å². The van der Waals surface area contributed by atoms with Crippen LogP contribution in [0.4, 0.5) is 5.69 Å². The highest BCUT2D eigenvalue weighted by atomic mass is 35.5. The minimum atomic E-state index is -4.07. The number of carboxylic acids is 1. The molecule has 0 aliphatic heterocycles. The number of hydrogen-bond acceptors (Lipinski definition) is 5. The van der Waals surface area contributed by atoms with Gasteiger partial charge >= 0.3 is 5.97 Å². The van der Waals surface area contributed by atoms with Gasteiger partial charge in [-0.15, -0.1) is 0 Å². The highest BCUT2D eigenvalue weighted by molar-refractivity contribution is 7.89. The summed E-state index contributed by atoms with van der Waals surface area (Å²) in [6.45, 7) is -0.794. The Kier molecular flexibility index (Phi) is 6.32. The van der Waals surface area contributed by atoms with Crippen molar-refractivity contribution in [1.82, 2.24) is 4.72 Å². The Morgan fingerprint density at radius 1 is 1.12 bits per heavy atom. The highest BCUT2D eigenvalue weighted by Crippen LogP contribution is 2.15. The number of carboxylic acid groups (broad SMARTS) is 1. The van der Waals surface area contributed by atoms with Gasteiger partial charge < -0.3 is 15.5 Å². The van der Waals surface area contributed by atoms with Gasteiger partial charge in [0.25, 0.3) is 0 Å². The van der Waals surface area contributed by atoms with Gasteiger partial charge in [0, 0.05) is 10.7 Å². The summed E-state index contributed by atoms with van der Waals surface area (Å²) in [6.07, 6.45) is 0. The molecule has 0 unspecified atom stereocenters. The summed E-state index contributed by atoms with van der Waals surface area (Å²) < 4.78 is 26.7. The fourth-order valence-corrected chi connectivity index (χ4v) is 3.31. The molecular formula is C16H15ClN2O6S. The molecule has 26 heavy (non-hydrogen) atoms. The summed E-state index contributed by atoms with van der Waals surface area (Å²) in [5.41, 5.74) is 0.101. The minimum Gasteiger partial charge on any atom is -0.478 e. The number of hydrogen-bond donors (Lipinski definition) is 4. The Hall–Kier alpha value is -2.46. The lowest BCUT2D eigenvalue weighted by atomic mass is 10.2. The first-order valence-corrected chi connectivity index (χ1v) is 9.12. The van der Waals surface area contributed by atoms with E-state index in [1.807, 2.05) is 0 Å². The van der Waals surface area contributed by atoms with Crippen LogP contribution in [-0.4, -0.2) is 43.2 Å². The topological polar surface area (TPSA) is 133 Å². The average Bonchev–Trinajstić information content (AvgIpc) is 2.60. The molecule has 4 N–H and O–H groups in total. The van der Waals surface area contributed by atoms with E-state index < -0.39 is 34.5 Å². The Bertz CT molecular complexity index is 915. The van der Waals surface area contributed by atoms with Crippen molar-refractivity contribution in [3.05, 3.63) is 59.1 Å². The first-order chi connectivity index (χ1) is 12.2. The van der Waals surface area contributed by atoms with Crippen LogP contribution in [0.1, 0.15) is 10.4 Å². The van der Waals surface area contributed by atoms with Gasteiger partial charge in [0.05, 0.1) is 17.1 Å². The van der Waals surface area contributed by atoms with Gasteiger partial charge in [0.1, 0.15) is 6.04 Å². The molecule has 0 saturated heterocycles. The molecule has 1 atom stereocenters. The molecule has 0 heterocycles. The summed E-state index contributed by atoms with van der Waals surface area (Å²) in [7, 11) is -4.07. The third-order valence-electron chi connectivity index (χ3n) is 3.30. The first kappa shape index (κ1) is 19.9. The van der Waals surface area contributed by atoms with Crippen LogP contribution >= 0.6 is 11.6 Å². The van der Waals surface area contributed by atoms with E-state index in [9.17, 15) is 23.1 Å². The van der Waals surface area contributed by atoms with Crippen LogP contribution in [0.15, 0.2) is 53.4 Å². The molecule has 2 aromatic rings. The Labute approximate surface area is 154 Å². The molecule has 1 amide bonds. The Balaban J connectivity index is 2.14. The van der Waals surface area contributed by atoms with Crippen LogP contribution in [0.3, 0.4) is 0 Å². The number of carbonyl (C=O) groups excluding carboxylic acids is 1. The SMILES string of the molecule is O=C(O)c1cccc(NC(=O)[C@H](CO)NS(=O)(=O)c2ccc(Cl)cc2)c1. The van der Waals surface area contributed by atoms with Crippen molar-refractivity contribution in [1.29, 1.82) is 0 Å². The van der Waals surface area contributed by atoms with E-state index in [1.165, 1.54) is 48.5 Å². The van der Waals surface area contributed by atoms with Gasteiger partial charge in [-0.1, -0.05) is 17.7 Å². The average molecular weight is 399 g/mol. The molecule has 0 aliphatic rings. The molecule has 0 saturated carbocycles. The quantitative estimate of drug-likeness (QED) is 0.556. The standard InChI is InChI=1S/C16H15ClN2O6S/c17-11-4-6-13(7-5-11)26(24,25)19-14(9-20)15(21)18-12-3-1-2-10(8-12)16(22)23/h1-8,14,19-20H,9H2,(H,18,21)(H,22,23)/t14-/m0/s1. The molecular weight excluding hydrogens is 384 g/mol. The van der Waals surface area contributed by atoms with Crippen LogP contribution < -0.4 is 10.0 Å². The van der Waals surface area contributed by atoms with Gasteiger partial charge in [0.15, 0.2) is 0 Å². The van der Waals surface area contributed by atoms with Crippen LogP contribution in [0.2, 0.25) is 5.02 Å². The van der Waals surface area contributed by atoms with Crippen molar-refractivity contribution in [2.45, 2.75) is 10.9 Å². The summed E-state index contributed by atoms with van der Waals surface area (Å²) in [6, 6.07) is 9.21. The number of carbonyl (C=O) groups is 2. The fourth-order valence-electron chi connectivity index (χ4n) is 2.00. The van der Waals surface area contributed by atoms with Gasteiger partial charge in [0.2, 0.25) is 15.9 Å². The third-order valence-corrected chi connectivity index (χ3v) is 5.04. The summed E-state index contributed by atoms with van der Waals surface area (Å²) in [5.74, 6) is -2.02. The van der Waals surface area contributed by atoms with Crippen molar-refractivity contribution < 1.29 is 28.2 Å². The second kappa shape index (κ2) is 8.28. The zero-order chi connectivity index (χ0) is 19.3. The van der Waals surface area contributed by atoms with E-state index in [0.29, 0.717) is 5.02 Å². The number of aliphatic hydroxyl groups is 1. The van der Waals surface area contributed by atoms with Crippen LogP contribution in [-0.2, 0) is 14.8 Å². The van der Waals surface area contributed by atoms with Crippen molar-refractivity contribution in [2.24, 2.45) is 0 Å². The molecule has 0 aliphatic carbocycles. The zero-order valence-electron chi connectivity index (χ0n) is 13.2. The number of sulfonamides is 1. The monoisotopic (exact) mass is 398 g/mol. The Morgan fingerprint density at radius 3 is 2.35 bits per heavy atom. The molecule has 0 fully saturated rings. The van der Waals surface area contributed by atoms with Gasteiger partial charge in [-0.05, 0) is 42.5 Å². The van der Waals surface area contributed by atoms with E-state index in [-0.39, 0.29) is 16.1 Å². The van der Waals surface area contributed by atoms with E-state index in [2.05, 4.69) is 10.0 Å². The van der Waals surface area contributed by atoms with Crippen LogP contribution in [0, 0.1) is 0 Å². The van der Waals surface area contributed by atoms with Crippen LogP contribution in [0.25, 0.3) is 0 Å². The number of amides is 1. The number of rotatable bonds is 7. The number of nitrogens with one attached hydrogen (secondary N) is 2. The van der Waals surface area contributed by atoms with E-state index in [1.54, 1.807) is 0 Å². The second-order valence-electron chi connectivity index (χ2n) is 5.19. The minimum absolute atomic E-state index is 0.0508. The lowest BCUT2D eigenvalue weighted by Crippen LogP contribution is -2.46. The molecule has 0 aromatic heterocycles. The number of aliphatic hydroxyl groups excluding tert-OH is 1. The maximum atomic E-state index is 12.3. The lowest BCUT2D eigenvalue weighted by molar-refractivity contribution is -0.118. The predicted octanol–water partition coefficient (Wildman–Crippen LogP) is 1.32. The lowest BCUT2D eigenvalue weighted by Gasteiger charge is -2.16. The molecule has 138 valence electrons. The summed E-state index contributed by atoms with van der Waals surface area (Å²) in [4.78, 5) is 23.0. The number of aromatic carboxylic acids is 1. The zero-order valence-corrected chi connectivity index (χ0v) is 14.8. The Morgan fingerprint density at radius 2 is 1.77 bits per heavy atom. The molecule has 2 aromatic carbocycles. The molecule has 10 heteroatoms. The van der Waals surface area contributed by atoms with E-state index in [4.69, 9.17) is 16.7 Å². The highest BCUT2D eigenvalue weighted by Gasteiger charge is 2.25. The van der Waals surface area contributed by atoms with Crippen molar-refractivity contribution in [2.75, 3.05) is 11.9 Å². The second-order valence-corrected chi connectivity index (χ2v) is 7.34. The molecule has 8 nitrogen and oxygen atoms in total. The van der Waals surface area contributed by atoms with E-state index >= 15 is 0 Å². The smallest absolute Gasteiger partial charge is 0.335 e. The molecule has 0 radical (unpaired) electrons. The maximum absolute atomic E-state index is 12.3. The van der Waals surface area contributed by atoms with Crippen molar-refractivity contribution in [3.8, 4) is 0 Å². The fraction of sp³-hybridized carbons (Fsp3) is 0.125. The number of halogens is 1. The predicted molar refractivity (Wildman–Crippen MR) is 94.7 cm³/mol. The third kappa shape index (κ3) is 5.02. The normalized spacial score (nSPS) is 12.4. The molecule has 0 bridgehead atoms. The summed E-state index contributed by atoms with van der Waals surface area (Å²) >= 11 is 5.71. The van der Waals surface area contributed by atoms with Crippen molar-refractivity contribution in [3.63, 3.8) is 0 Å². The maximum Gasteiger partial charge on any atom is 0.335 e. The van der Waals surface area contributed by atoms with Gasteiger partial charge in [-0.3, -0.25) is 4.79 Å². The van der Waals surface area contributed by atoms with Crippen LogP contribution in [0.5, 0.6) is 0 Å². The number of benzene rings is 2. The first-order valence-electron chi connectivity index (χ1n) is 7.26. The van der Waals surface area contributed by atoms with E-state index in [0.717, 1.165) is 0 Å².